The molecule has 1 unspecified atom stereocenters. The summed E-state index contributed by atoms with van der Waals surface area (Å²) >= 11 is 0. The highest BCUT2D eigenvalue weighted by atomic mass is 16.5. The van der Waals surface area contributed by atoms with Crippen LogP contribution in [0.5, 0.6) is 0 Å². The molecule has 1 aromatic heterocycles. The second-order valence-electron chi connectivity index (χ2n) is 4.77. The van der Waals surface area contributed by atoms with Gasteiger partial charge in [-0.3, -0.25) is 0 Å². The number of nitrogens with zero attached hydrogens (tertiary/aromatic N) is 2. The lowest BCUT2D eigenvalue weighted by atomic mass is 10.2. The Morgan fingerprint density at radius 1 is 1.60 bits per heavy atom. The van der Waals surface area contributed by atoms with Crippen molar-refractivity contribution in [1.29, 1.82) is 0 Å². The minimum Gasteiger partial charge on any atom is -0.465 e. The fraction of sp³-hybridized carbons (Fsp3) is 0.467. The topological polar surface area (TPSA) is 51.7 Å². The van der Waals surface area contributed by atoms with Crippen molar-refractivity contribution in [2.75, 3.05) is 31.7 Å². The van der Waals surface area contributed by atoms with Crippen LogP contribution in [0, 0.1) is 6.92 Å². The quantitative estimate of drug-likeness (QED) is 0.608. The van der Waals surface area contributed by atoms with Gasteiger partial charge in [-0.05, 0) is 25.5 Å². The van der Waals surface area contributed by atoms with Crippen LogP contribution in [-0.2, 0) is 9.47 Å². The molecule has 20 heavy (non-hydrogen) atoms. The van der Waals surface area contributed by atoms with Crippen LogP contribution < -0.4 is 4.90 Å². The third-order valence-electron chi connectivity index (χ3n) is 3.40. The van der Waals surface area contributed by atoms with E-state index in [-0.39, 0.29) is 12.1 Å². The van der Waals surface area contributed by atoms with Gasteiger partial charge in [0.25, 0.3) is 0 Å². The first-order valence-corrected chi connectivity index (χ1v) is 6.69. The first kappa shape index (κ1) is 14.5. The van der Waals surface area contributed by atoms with Gasteiger partial charge in [0.2, 0.25) is 0 Å². The number of anilines is 1. The second-order valence-corrected chi connectivity index (χ2v) is 4.77. The van der Waals surface area contributed by atoms with Crippen molar-refractivity contribution < 1.29 is 14.3 Å². The van der Waals surface area contributed by atoms with Gasteiger partial charge in [-0.15, -0.1) is 6.58 Å². The fourth-order valence-corrected chi connectivity index (χ4v) is 2.33. The average Bonchev–Trinajstić information content (AvgIpc) is 2.93. The van der Waals surface area contributed by atoms with Gasteiger partial charge in [0.15, 0.2) is 0 Å². The molecule has 5 heteroatoms. The molecule has 1 aliphatic rings. The molecular weight excluding hydrogens is 256 g/mol. The average molecular weight is 276 g/mol. The summed E-state index contributed by atoms with van der Waals surface area (Å²) in [5, 5.41) is 0. The Hall–Kier alpha value is -1.88. The highest BCUT2D eigenvalue weighted by Gasteiger charge is 2.24. The molecule has 1 saturated heterocycles. The van der Waals surface area contributed by atoms with E-state index in [9.17, 15) is 4.79 Å². The van der Waals surface area contributed by atoms with Crippen LogP contribution in [0.25, 0.3) is 0 Å². The van der Waals surface area contributed by atoms with Crippen molar-refractivity contribution in [3.8, 4) is 0 Å². The molecule has 1 fully saturated rings. The zero-order valence-corrected chi connectivity index (χ0v) is 12.0. The Kier molecular flexibility index (Phi) is 4.74. The molecule has 0 aliphatic carbocycles. The Morgan fingerprint density at radius 2 is 2.40 bits per heavy atom. The van der Waals surface area contributed by atoms with E-state index in [0.717, 1.165) is 25.3 Å². The van der Waals surface area contributed by atoms with Gasteiger partial charge < -0.3 is 14.4 Å². The number of hydrogen-bond acceptors (Lipinski definition) is 5. The van der Waals surface area contributed by atoms with Gasteiger partial charge in [0.1, 0.15) is 5.82 Å². The molecule has 0 radical (unpaired) electrons. The lowest BCUT2D eigenvalue weighted by Gasteiger charge is -2.18. The monoisotopic (exact) mass is 276 g/mol. The lowest BCUT2D eigenvalue weighted by molar-refractivity contribution is 0.0599. The number of ether oxygens (including phenoxy) is 2. The molecule has 1 aromatic rings. The first-order valence-electron chi connectivity index (χ1n) is 6.69. The van der Waals surface area contributed by atoms with Crippen LogP contribution in [0.3, 0.4) is 0 Å². The van der Waals surface area contributed by atoms with Gasteiger partial charge in [0.05, 0.1) is 31.1 Å². The standard InChI is InChI=1S/C15H20N2O3/c1-4-9-20-12-7-8-17(10-12)14-6-5-13(11(2)16-14)15(18)19-3/h4-6,12H,1,7-10H2,2-3H3. The number of esters is 1. The SMILES string of the molecule is C=CCOC1CCN(c2ccc(C(=O)OC)c(C)n2)C1. The molecular formula is C15H20N2O3. The summed E-state index contributed by atoms with van der Waals surface area (Å²) in [7, 11) is 1.37. The van der Waals surface area contributed by atoms with E-state index in [1.807, 2.05) is 13.0 Å². The minimum atomic E-state index is -0.352. The Bertz CT molecular complexity index is 502. The number of rotatable bonds is 5. The molecule has 2 rings (SSSR count). The molecule has 0 spiro atoms. The lowest BCUT2D eigenvalue weighted by Crippen LogP contribution is -2.24. The van der Waals surface area contributed by atoms with E-state index < -0.39 is 0 Å². The van der Waals surface area contributed by atoms with Crippen molar-refractivity contribution in [3.63, 3.8) is 0 Å². The molecule has 0 aromatic carbocycles. The largest absolute Gasteiger partial charge is 0.465 e. The summed E-state index contributed by atoms with van der Waals surface area (Å²) in [5.41, 5.74) is 1.19. The third kappa shape index (κ3) is 3.17. The van der Waals surface area contributed by atoms with Crippen molar-refractivity contribution in [1.82, 2.24) is 4.98 Å². The molecule has 0 N–H and O–H groups in total. The number of methoxy groups -OCH3 is 1. The summed E-state index contributed by atoms with van der Waals surface area (Å²) in [5.74, 6) is 0.523. The Balaban J connectivity index is 2.05. The predicted octanol–water partition coefficient (Wildman–Crippen LogP) is 1.96. The zero-order chi connectivity index (χ0) is 14.5. The van der Waals surface area contributed by atoms with Crippen LogP contribution in [-0.4, -0.2) is 43.9 Å². The van der Waals surface area contributed by atoms with Crippen molar-refractivity contribution in [2.24, 2.45) is 0 Å². The first-order chi connectivity index (χ1) is 9.65. The molecule has 1 atom stereocenters. The summed E-state index contributed by atoms with van der Waals surface area (Å²) in [6, 6.07) is 3.62. The van der Waals surface area contributed by atoms with Crippen LogP contribution >= 0.6 is 0 Å². The van der Waals surface area contributed by atoms with Gasteiger partial charge >= 0.3 is 5.97 Å². The summed E-state index contributed by atoms with van der Waals surface area (Å²) in [6.45, 7) is 7.77. The highest BCUT2D eigenvalue weighted by molar-refractivity contribution is 5.90. The molecule has 2 heterocycles. The molecule has 0 bridgehead atoms. The van der Waals surface area contributed by atoms with Gasteiger partial charge in [-0.2, -0.15) is 0 Å². The molecule has 1 aliphatic heterocycles. The van der Waals surface area contributed by atoms with Crippen molar-refractivity contribution >= 4 is 11.8 Å². The van der Waals surface area contributed by atoms with Gasteiger partial charge in [-0.1, -0.05) is 6.08 Å². The number of carbonyl (C=O) groups excluding carboxylic acids is 1. The molecule has 5 nitrogen and oxygen atoms in total. The van der Waals surface area contributed by atoms with Crippen molar-refractivity contribution in [3.05, 3.63) is 36.0 Å². The van der Waals surface area contributed by atoms with Gasteiger partial charge in [-0.25, -0.2) is 9.78 Å². The maximum absolute atomic E-state index is 11.5. The number of hydrogen-bond donors (Lipinski definition) is 0. The minimum absolute atomic E-state index is 0.218. The van der Waals surface area contributed by atoms with E-state index in [4.69, 9.17) is 9.47 Å². The van der Waals surface area contributed by atoms with E-state index >= 15 is 0 Å². The second kappa shape index (κ2) is 6.52. The van der Waals surface area contributed by atoms with E-state index in [0.29, 0.717) is 17.9 Å². The van der Waals surface area contributed by atoms with E-state index in [1.54, 1.807) is 12.1 Å². The maximum Gasteiger partial charge on any atom is 0.339 e. The highest BCUT2D eigenvalue weighted by Crippen LogP contribution is 2.21. The Morgan fingerprint density at radius 3 is 3.05 bits per heavy atom. The van der Waals surface area contributed by atoms with Gasteiger partial charge in [0, 0.05) is 13.1 Å². The zero-order valence-electron chi connectivity index (χ0n) is 12.0. The third-order valence-corrected chi connectivity index (χ3v) is 3.40. The summed E-state index contributed by atoms with van der Waals surface area (Å²) in [4.78, 5) is 18.2. The van der Waals surface area contributed by atoms with Crippen LogP contribution in [0.15, 0.2) is 24.8 Å². The number of aryl methyl sites for hydroxylation is 1. The Labute approximate surface area is 119 Å². The number of carbonyl (C=O) groups is 1. The molecule has 108 valence electrons. The number of pyridine rings is 1. The van der Waals surface area contributed by atoms with E-state index in [2.05, 4.69) is 16.5 Å². The van der Waals surface area contributed by atoms with E-state index in [1.165, 1.54) is 7.11 Å². The molecule has 0 saturated carbocycles. The molecule has 0 amide bonds. The smallest absolute Gasteiger partial charge is 0.339 e. The maximum atomic E-state index is 11.5. The van der Waals surface area contributed by atoms with Crippen LogP contribution in [0.2, 0.25) is 0 Å². The van der Waals surface area contributed by atoms with Crippen LogP contribution in [0.1, 0.15) is 22.5 Å². The summed E-state index contributed by atoms with van der Waals surface area (Å²) in [6.07, 6.45) is 2.96. The normalized spacial score (nSPS) is 18.1. The fourth-order valence-electron chi connectivity index (χ4n) is 2.33. The van der Waals surface area contributed by atoms with Crippen LogP contribution in [0.4, 0.5) is 5.82 Å². The van der Waals surface area contributed by atoms with Crippen molar-refractivity contribution in [2.45, 2.75) is 19.4 Å². The number of aromatic nitrogens is 1. The predicted molar refractivity (Wildman–Crippen MR) is 77.1 cm³/mol. The summed E-state index contributed by atoms with van der Waals surface area (Å²) < 4.78 is 10.4.